The van der Waals surface area contributed by atoms with Crippen molar-refractivity contribution in [3.8, 4) is 18.2 Å². The number of carbonyl (C=O) groups excluding carboxylic acids is 3. The molecule has 11 aromatic rings. The Bertz CT molecular complexity index is 6470. The van der Waals surface area contributed by atoms with E-state index in [9.17, 15) is 38.8 Å². The highest BCUT2D eigenvalue weighted by molar-refractivity contribution is 6.35. The normalized spacial score (nSPS) is 15.7. The molecule has 11 heterocycles. The number of aliphatic hydroxyl groups is 1. The summed E-state index contributed by atoms with van der Waals surface area (Å²) in [6, 6.07) is 50.4. The van der Waals surface area contributed by atoms with Crippen LogP contribution in [0.2, 0.25) is 41.2 Å². The number of benzene rings is 2. The molecule has 8 fully saturated rings. The number of anilines is 8. The topological polar surface area (TPSA) is 483 Å². The minimum absolute atomic E-state index is 0.000772. The smallest absolute Gasteiger partial charge is 0.341 e. The van der Waals surface area contributed by atoms with Crippen LogP contribution < -0.4 is 53.7 Å². The number of rotatable bonds is 18. The fourth-order valence-corrected chi connectivity index (χ4v) is 19.0. The van der Waals surface area contributed by atoms with Crippen LogP contribution >= 0.6 is 92.8 Å². The molecule has 19 rings (SSSR count). The number of nitrogens with zero attached hydrogens (tertiary/aromatic N) is 16. The summed E-state index contributed by atoms with van der Waals surface area (Å²) in [6.07, 6.45) is 28.2. The number of esters is 2. The van der Waals surface area contributed by atoms with Crippen LogP contribution in [0.4, 0.5) is 46.0 Å². The van der Waals surface area contributed by atoms with Crippen molar-refractivity contribution in [2.24, 2.45) is 5.73 Å². The van der Waals surface area contributed by atoms with Crippen molar-refractivity contribution in [2.45, 2.75) is 203 Å². The van der Waals surface area contributed by atoms with E-state index in [1.165, 1.54) is 133 Å². The Hall–Kier alpha value is -12.3. The van der Waals surface area contributed by atoms with Crippen molar-refractivity contribution < 1.29 is 48.8 Å². The van der Waals surface area contributed by atoms with Gasteiger partial charge < -0.3 is 77.1 Å². The zero-order valence-corrected chi connectivity index (χ0v) is 88.3. The number of nitrogens with two attached hydrogens (primary N) is 2. The number of hydrogen-bond acceptors (Lipinski definition) is 30. The fraction of sp³-hybridized carbons (Fsp3) is 0.419. The maximum atomic E-state index is 13.0. The van der Waals surface area contributed by atoms with Crippen LogP contribution in [0, 0.1) is 34.0 Å². The molecule has 780 valence electrons. The van der Waals surface area contributed by atoms with Crippen molar-refractivity contribution in [1.29, 1.82) is 15.8 Å². The van der Waals surface area contributed by atoms with E-state index in [-0.39, 0.29) is 72.7 Å². The molecule has 6 aliphatic carbocycles. The highest BCUT2D eigenvalue weighted by atomic mass is 35.5. The van der Waals surface area contributed by atoms with Crippen molar-refractivity contribution in [1.82, 2.24) is 53.8 Å². The average molecular weight is 2170 g/mol. The largest absolute Gasteiger partial charge is 0.480 e. The average Bonchev–Trinajstić information content (AvgIpc) is 1.73. The summed E-state index contributed by atoms with van der Waals surface area (Å²) in [5.74, 6) is -0.534. The molecule has 0 spiro atoms. The van der Waals surface area contributed by atoms with Gasteiger partial charge in [-0.25, -0.2) is 49.3 Å². The number of aliphatic hydroxyl groups excluding tert-OH is 1. The molecule has 9 aromatic heterocycles. The summed E-state index contributed by atoms with van der Waals surface area (Å²) < 4.78 is 12.6. The number of fused-ring (bicyclic) bond motifs is 2. The second kappa shape index (κ2) is 60.2. The first-order valence-corrected chi connectivity index (χ1v) is 51.7. The van der Waals surface area contributed by atoms with E-state index in [0.29, 0.717) is 84.7 Å². The van der Waals surface area contributed by atoms with E-state index in [1.54, 1.807) is 63.7 Å². The molecule has 11 N–H and O–H groups in total. The summed E-state index contributed by atoms with van der Waals surface area (Å²) in [4.78, 5) is 117. The zero-order chi connectivity index (χ0) is 106. The molecule has 0 bridgehead atoms. The number of aromatic carboxylic acids is 1. The van der Waals surface area contributed by atoms with Crippen LogP contribution in [0.5, 0.6) is 0 Å². The number of aliphatic carboxylic acids is 1. The Balaban J connectivity index is 0.000000173. The Labute approximate surface area is 894 Å². The number of ether oxygens (including phenoxy) is 2. The van der Waals surface area contributed by atoms with Gasteiger partial charge in [0, 0.05) is 128 Å². The van der Waals surface area contributed by atoms with Gasteiger partial charge in [-0.2, -0.15) is 15.8 Å². The molecule has 0 atom stereocenters. The van der Waals surface area contributed by atoms with Gasteiger partial charge in [0.05, 0.1) is 43.6 Å². The van der Waals surface area contributed by atoms with Crippen LogP contribution in [0.3, 0.4) is 0 Å². The first-order chi connectivity index (χ1) is 70.8. The van der Waals surface area contributed by atoms with E-state index in [4.69, 9.17) is 140 Å². The lowest BCUT2D eigenvalue weighted by molar-refractivity contribution is -0.135. The quantitative estimate of drug-likeness (QED) is 0.0167. The zero-order valence-electron chi connectivity index (χ0n) is 82.3. The molecule has 34 nitrogen and oxygen atoms in total. The molecule has 42 heteroatoms. The molecule has 6 saturated carbocycles. The number of methoxy groups -OCH3 is 2. The number of aldehydes is 1. The van der Waals surface area contributed by atoms with Crippen LogP contribution in [-0.2, 0) is 20.9 Å². The molecule has 0 amide bonds. The lowest BCUT2D eigenvalue weighted by atomic mass is 10.1. The second-order valence-corrected chi connectivity index (χ2v) is 39.0. The number of likely N-dealkylation sites (N-methyl/N-ethyl adjacent to an activating group) is 2. The Morgan fingerprint density at radius 3 is 1.24 bits per heavy atom. The van der Waals surface area contributed by atoms with Gasteiger partial charge in [0.15, 0.2) is 6.29 Å². The number of carboxylic acid groups (broad SMARTS) is 2. The van der Waals surface area contributed by atoms with Crippen LogP contribution in [0.1, 0.15) is 231 Å². The van der Waals surface area contributed by atoms with Gasteiger partial charge in [0.1, 0.15) is 111 Å². The predicted molar refractivity (Wildman–Crippen MR) is 581 cm³/mol. The Morgan fingerprint density at radius 2 is 0.823 bits per heavy atom. The molecule has 147 heavy (non-hydrogen) atoms. The van der Waals surface area contributed by atoms with Crippen molar-refractivity contribution >= 4 is 191 Å². The predicted octanol–water partition coefficient (Wildman–Crippen LogP) is 21.4. The molecule has 2 aromatic carbocycles. The van der Waals surface area contributed by atoms with Gasteiger partial charge in [0.25, 0.3) is 11.1 Å². The number of hydrogen-bond donors (Lipinski definition) is 9. The summed E-state index contributed by atoms with van der Waals surface area (Å²) in [6.45, 7) is 8.75. The SMILES string of the molecule is CN1CCN(c2ccc(N)cc2)CC1.CN1CCN(c2ccc(Nc3ccc4cc(C#N)c(=O)n(C5CCCC5)c4n3)cc2)CC1.COC(=O)c1ccc(Cl)nc1Cl.COC(=O)c1ccc(Cl)nc1NC1CCCC1.N#CCC(=O)O.N#Cc1cc2ccc(Cl)nc2n(C2CCCC2)c1=O.NC1CCCC1.O=C(O)c1ccc(Cl)nc1Cl.O=Cc1ccc(Cl)nc1NC1CCCC1.OCc1ccc(Cl)nc1NC1CCCC1. The number of halogens is 8. The Morgan fingerprint density at radius 1 is 0.449 bits per heavy atom. The van der Waals surface area contributed by atoms with E-state index >= 15 is 0 Å². The van der Waals surface area contributed by atoms with E-state index in [1.807, 2.05) is 36.4 Å². The van der Waals surface area contributed by atoms with Gasteiger partial charge in [-0.1, -0.05) is 170 Å². The first-order valence-electron chi connectivity index (χ1n) is 48.7. The second-order valence-electron chi connectivity index (χ2n) is 36.0. The molecule has 2 saturated heterocycles. The third-order valence-electron chi connectivity index (χ3n) is 25.5. The summed E-state index contributed by atoms with van der Waals surface area (Å²) in [5.41, 5.74) is 18.6. The summed E-state index contributed by atoms with van der Waals surface area (Å²) in [7, 11) is 6.96. The minimum atomic E-state index is -1.11. The number of pyridine rings is 9. The monoisotopic (exact) mass is 2160 g/mol. The Kier molecular flexibility index (Phi) is 47.8. The number of carboxylic acids is 2. The van der Waals surface area contributed by atoms with E-state index in [0.717, 1.165) is 169 Å². The molecule has 0 radical (unpaired) electrons. The van der Waals surface area contributed by atoms with Crippen LogP contribution in [-0.4, -0.2) is 204 Å². The van der Waals surface area contributed by atoms with Gasteiger partial charge in [-0.15, -0.1) is 0 Å². The van der Waals surface area contributed by atoms with Gasteiger partial charge in [-0.05, 0) is 237 Å². The van der Waals surface area contributed by atoms with Crippen LogP contribution in [0.15, 0.2) is 155 Å². The molecule has 8 aliphatic rings. The number of nitrogen functional groups attached to an aromatic ring is 1. The number of nitrogens with one attached hydrogen (secondary N) is 4. The number of piperazine rings is 2. The number of carbonyl (C=O) groups is 5. The van der Waals surface area contributed by atoms with E-state index in [2.05, 4.69) is 132 Å². The highest BCUT2D eigenvalue weighted by Gasteiger charge is 2.28. The number of aromatic nitrogens is 9. The van der Waals surface area contributed by atoms with Gasteiger partial charge in [-0.3, -0.25) is 28.3 Å². The maximum absolute atomic E-state index is 13.0. The fourth-order valence-electron chi connectivity index (χ4n) is 17.6. The highest BCUT2D eigenvalue weighted by Crippen LogP contribution is 2.36. The third-order valence-corrected chi connectivity index (χ3v) is 27.3. The van der Waals surface area contributed by atoms with Gasteiger partial charge >= 0.3 is 23.9 Å². The lowest BCUT2D eigenvalue weighted by Gasteiger charge is -2.34. The first kappa shape index (κ1) is 117. The standard InChI is InChI=1S/C25H28N6O.C14H12ClN3O.C12H15ClN2O2.C11H15ClN2O.C11H13ClN2O.C11H17N3.C7H5Cl2NO2.C6H3Cl2NO2.C5H11N.C3H3NO2/c1-29-12-14-30(15-13-29)21-9-7-20(8-10-21)27-23-11-6-18-16-19(17-26)25(32)31(24(18)28-23)22-4-2-3-5-22;15-12-6-5-9-7-10(8-16)14(19)18(13(9)17-12)11-3-1-2-4-11;1-17-12(16)9-6-7-10(13)15-11(9)14-8-4-2-3-5-8;2*12-10-6-5-8(7-15)11(14-10)13-9-3-1-2-4-9;1-13-6-8-14(9-7-13)11-4-2-10(12)3-5-11;1-12-7(11)4-2-3-5(8)10-6(4)9;7-4-2-1-3(6(10)11)5(8)9-4;6-5-3-1-2-4-5;4-2-1-3(5)6/h6-11,16,22H,2-5,12-15H2,1H3,(H,27,28);5-7,11H,1-4H2;6-8H,2-5H2,1H3,(H,14,15);5-6,9,15H,1-4,7H2,(H,13,14);5-7,9H,1-4H2,(H,13,14);2-5H,6-9,12H2,1H3;2-3H,1H3;1-2H,(H,10,11);5H,1-4,6H2;1H2,(H,5,6). The van der Waals surface area contributed by atoms with Crippen molar-refractivity contribution in [3.63, 3.8) is 0 Å². The third kappa shape index (κ3) is 36.6. The summed E-state index contributed by atoms with van der Waals surface area (Å²) >= 11 is 45.4. The maximum Gasteiger partial charge on any atom is 0.341 e. The molecular formula is C105H122Cl8N22O12. The lowest BCUT2D eigenvalue weighted by Crippen LogP contribution is -2.44. The molecule has 2 aliphatic heterocycles. The van der Waals surface area contributed by atoms with E-state index < -0.39 is 30.3 Å². The van der Waals surface area contributed by atoms with Crippen molar-refractivity contribution in [2.75, 3.05) is 117 Å². The van der Waals surface area contributed by atoms with Crippen LogP contribution in [0.25, 0.3) is 22.1 Å². The minimum Gasteiger partial charge on any atom is -0.480 e. The van der Waals surface area contributed by atoms with Gasteiger partial charge in [0.2, 0.25) is 0 Å². The summed E-state index contributed by atoms with van der Waals surface area (Å²) in [5, 5.41) is 68.3. The molecular weight excluding hydrogens is 2040 g/mol. The number of nitriles is 3. The molecule has 0 unspecified atom stereocenters. The van der Waals surface area contributed by atoms with Crippen molar-refractivity contribution in [3.05, 3.63) is 246 Å².